The number of aromatic amines is 1. The predicted molar refractivity (Wildman–Crippen MR) is 101 cm³/mol. The molecule has 2 fully saturated rings. The fourth-order valence-electron chi connectivity index (χ4n) is 4.34. The number of rotatable bonds is 3. The van der Waals surface area contributed by atoms with E-state index in [2.05, 4.69) is 30.3 Å². The number of hydrogen-bond donors (Lipinski definition) is 3. The van der Waals surface area contributed by atoms with Crippen LogP contribution in [-0.4, -0.2) is 49.6 Å². The normalized spacial score (nSPS) is 24.3. The predicted octanol–water partition coefficient (Wildman–Crippen LogP) is 1.81. The van der Waals surface area contributed by atoms with E-state index in [1.165, 1.54) is 6.42 Å². The van der Waals surface area contributed by atoms with Crippen LogP contribution in [0.5, 0.6) is 5.75 Å². The van der Waals surface area contributed by atoms with Gasteiger partial charge >= 0.3 is 0 Å². The number of phenols is 1. The van der Waals surface area contributed by atoms with Crippen molar-refractivity contribution in [3.63, 3.8) is 0 Å². The van der Waals surface area contributed by atoms with E-state index >= 15 is 0 Å². The van der Waals surface area contributed by atoms with Crippen molar-refractivity contribution in [2.24, 2.45) is 17.6 Å². The molecule has 0 amide bonds. The van der Waals surface area contributed by atoms with Crippen LogP contribution < -0.4 is 10.6 Å². The van der Waals surface area contributed by atoms with Gasteiger partial charge in [-0.25, -0.2) is 4.98 Å². The second-order valence-electron chi connectivity index (χ2n) is 7.43. The summed E-state index contributed by atoms with van der Waals surface area (Å²) in [6.07, 6.45) is 7.47. The van der Waals surface area contributed by atoms with Crippen molar-refractivity contribution in [2.45, 2.75) is 18.9 Å². The fourth-order valence-corrected chi connectivity index (χ4v) is 4.34. The maximum absolute atomic E-state index is 10.4. The molecule has 3 atom stereocenters. The Morgan fingerprint density at radius 3 is 2.74 bits per heavy atom. The Morgan fingerprint density at radius 1 is 1.11 bits per heavy atom. The zero-order valence-electron chi connectivity index (χ0n) is 14.8. The Bertz CT molecular complexity index is 941. The van der Waals surface area contributed by atoms with Crippen molar-refractivity contribution in [2.75, 3.05) is 18.0 Å². The van der Waals surface area contributed by atoms with Gasteiger partial charge in [-0.2, -0.15) is 5.10 Å². The second kappa shape index (κ2) is 6.31. The van der Waals surface area contributed by atoms with Gasteiger partial charge in [-0.05, 0) is 42.4 Å². The lowest BCUT2D eigenvalue weighted by Crippen LogP contribution is -2.30. The molecule has 0 spiro atoms. The van der Waals surface area contributed by atoms with Crippen LogP contribution in [0.15, 0.2) is 36.8 Å². The number of benzene rings is 1. The van der Waals surface area contributed by atoms with E-state index in [9.17, 15) is 5.11 Å². The first-order valence-electron chi connectivity index (χ1n) is 9.22. The highest BCUT2D eigenvalue weighted by Gasteiger charge is 2.41. The fraction of sp³-hybridized carbons (Fsp3) is 0.368. The van der Waals surface area contributed by atoms with Crippen molar-refractivity contribution >= 4 is 5.95 Å². The van der Waals surface area contributed by atoms with Gasteiger partial charge in [0, 0.05) is 36.5 Å². The highest BCUT2D eigenvalue weighted by molar-refractivity contribution is 5.73. The minimum absolute atomic E-state index is 0.138. The Balaban J connectivity index is 1.36. The molecule has 4 N–H and O–H groups in total. The summed E-state index contributed by atoms with van der Waals surface area (Å²) < 4.78 is 0. The van der Waals surface area contributed by atoms with Gasteiger partial charge in [0.15, 0.2) is 0 Å². The Kier molecular flexibility index (Phi) is 3.78. The summed E-state index contributed by atoms with van der Waals surface area (Å²) in [5, 5.41) is 25.7. The number of aromatic hydroxyl groups is 1. The summed E-state index contributed by atoms with van der Waals surface area (Å²) in [5.41, 5.74) is 9.15. The molecule has 0 bridgehead atoms. The summed E-state index contributed by atoms with van der Waals surface area (Å²) in [6.45, 7) is 1.85. The molecule has 8 nitrogen and oxygen atoms in total. The molecule has 3 heterocycles. The molecular weight excluding hydrogens is 342 g/mol. The molecule has 0 unspecified atom stereocenters. The van der Waals surface area contributed by atoms with Gasteiger partial charge < -0.3 is 15.7 Å². The summed E-state index contributed by atoms with van der Waals surface area (Å²) >= 11 is 0. The van der Waals surface area contributed by atoms with E-state index in [1.807, 2.05) is 12.1 Å². The van der Waals surface area contributed by atoms with Crippen LogP contribution in [0.4, 0.5) is 5.95 Å². The van der Waals surface area contributed by atoms with Gasteiger partial charge in [0.2, 0.25) is 5.95 Å². The number of nitrogens with two attached hydrogens (primary N) is 1. The third-order valence-corrected chi connectivity index (χ3v) is 5.85. The van der Waals surface area contributed by atoms with Crippen LogP contribution in [-0.2, 0) is 0 Å². The molecule has 1 aliphatic heterocycles. The van der Waals surface area contributed by atoms with E-state index in [4.69, 9.17) is 5.73 Å². The molecule has 0 radical (unpaired) electrons. The zero-order valence-corrected chi connectivity index (χ0v) is 14.8. The monoisotopic (exact) mass is 363 g/mol. The van der Waals surface area contributed by atoms with Crippen LogP contribution >= 0.6 is 0 Å². The van der Waals surface area contributed by atoms with E-state index in [0.717, 1.165) is 30.6 Å². The van der Waals surface area contributed by atoms with Gasteiger partial charge in [0.25, 0.3) is 0 Å². The number of hydrogen-bond acceptors (Lipinski definition) is 7. The molecule has 1 saturated carbocycles. The molecular formula is C19H21N7O. The molecule has 27 heavy (non-hydrogen) atoms. The maximum Gasteiger partial charge on any atom is 0.245 e. The first-order chi connectivity index (χ1) is 13.2. The average Bonchev–Trinajstić information content (AvgIpc) is 3.41. The SMILES string of the molecule is N[C@H]1CC[C@@H]2CN(c3ncc(-c4ccc(-c5cn[nH]c5)cc4O)nn3)C[C@@H]21. The Labute approximate surface area is 156 Å². The number of aromatic nitrogens is 5. The number of anilines is 1. The lowest BCUT2D eigenvalue weighted by Gasteiger charge is -2.18. The second-order valence-corrected chi connectivity index (χ2v) is 7.43. The molecule has 1 aliphatic carbocycles. The van der Waals surface area contributed by atoms with E-state index in [0.29, 0.717) is 29.0 Å². The summed E-state index contributed by atoms with van der Waals surface area (Å²) in [7, 11) is 0. The van der Waals surface area contributed by atoms with E-state index in [1.54, 1.807) is 24.7 Å². The van der Waals surface area contributed by atoms with Crippen molar-refractivity contribution in [3.05, 3.63) is 36.8 Å². The van der Waals surface area contributed by atoms with Crippen LogP contribution in [0.3, 0.4) is 0 Å². The van der Waals surface area contributed by atoms with Crippen molar-refractivity contribution in [3.8, 4) is 28.1 Å². The largest absolute Gasteiger partial charge is 0.507 e. The van der Waals surface area contributed by atoms with Gasteiger partial charge in [-0.3, -0.25) is 5.10 Å². The molecule has 2 aliphatic rings. The average molecular weight is 363 g/mol. The molecule has 8 heteroatoms. The van der Waals surface area contributed by atoms with Crippen molar-refractivity contribution in [1.29, 1.82) is 0 Å². The van der Waals surface area contributed by atoms with Gasteiger partial charge in [0.05, 0.1) is 12.4 Å². The van der Waals surface area contributed by atoms with Crippen LogP contribution in [0, 0.1) is 11.8 Å². The van der Waals surface area contributed by atoms with Gasteiger partial charge in [-0.1, -0.05) is 6.07 Å². The molecule has 3 aromatic rings. The molecule has 1 aromatic carbocycles. The third-order valence-electron chi connectivity index (χ3n) is 5.85. The molecule has 1 saturated heterocycles. The van der Waals surface area contributed by atoms with Crippen molar-refractivity contribution < 1.29 is 5.11 Å². The van der Waals surface area contributed by atoms with E-state index < -0.39 is 0 Å². The quantitative estimate of drug-likeness (QED) is 0.649. The summed E-state index contributed by atoms with van der Waals surface area (Å²) in [5.74, 6) is 1.95. The van der Waals surface area contributed by atoms with E-state index in [-0.39, 0.29) is 11.8 Å². The summed E-state index contributed by atoms with van der Waals surface area (Å²) in [6, 6.07) is 5.72. The minimum Gasteiger partial charge on any atom is -0.507 e. The number of H-pyrrole nitrogens is 1. The smallest absolute Gasteiger partial charge is 0.245 e. The van der Waals surface area contributed by atoms with Crippen LogP contribution in [0.25, 0.3) is 22.4 Å². The van der Waals surface area contributed by atoms with Gasteiger partial charge in [-0.15, -0.1) is 10.2 Å². The maximum atomic E-state index is 10.4. The van der Waals surface area contributed by atoms with Gasteiger partial charge in [0.1, 0.15) is 11.4 Å². The highest BCUT2D eigenvalue weighted by Crippen LogP contribution is 2.38. The van der Waals surface area contributed by atoms with Crippen LogP contribution in [0.1, 0.15) is 12.8 Å². The topological polar surface area (TPSA) is 117 Å². The first-order valence-corrected chi connectivity index (χ1v) is 9.22. The Hall–Kier alpha value is -3.00. The first kappa shape index (κ1) is 16.2. The lowest BCUT2D eigenvalue weighted by atomic mass is 9.98. The number of fused-ring (bicyclic) bond motifs is 1. The molecule has 138 valence electrons. The zero-order chi connectivity index (χ0) is 18.4. The summed E-state index contributed by atoms with van der Waals surface area (Å²) in [4.78, 5) is 6.66. The number of phenolic OH excluding ortho intramolecular Hbond substituents is 1. The van der Waals surface area contributed by atoms with Crippen LogP contribution in [0.2, 0.25) is 0 Å². The highest BCUT2D eigenvalue weighted by atomic mass is 16.3. The molecule has 2 aromatic heterocycles. The standard InChI is InChI=1S/C19H21N7O/c20-16-4-2-12-9-26(10-15(12)16)19-21-8-17(24-25-19)14-3-1-11(5-18(14)27)13-6-22-23-7-13/h1,3,5-8,12,15-16,27H,2,4,9-10,20H2,(H,22,23)/t12-,15+,16+/m1/s1. The Morgan fingerprint density at radius 2 is 2.04 bits per heavy atom. The number of nitrogens with zero attached hydrogens (tertiary/aromatic N) is 5. The number of nitrogens with one attached hydrogen (secondary N) is 1. The molecule has 5 rings (SSSR count). The van der Waals surface area contributed by atoms with Crippen molar-refractivity contribution in [1.82, 2.24) is 25.4 Å². The third kappa shape index (κ3) is 2.82. The lowest BCUT2D eigenvalue weighted by molar-refractivity contribution is 0.453. The minimum atomic E-state index is 0.138.